The zero-order chi connectivity index (χ0) is 20.8. The van der Waals surface area contributed by atoms with Gasteiger partial charge in [0.1, 0.15) is 0 Å². The number of carbonyl (C=O) groups is 1. The topological polar surface area (TPSA) is 105 Å². The number of nitro groups is 1. The van der Waals surface area contributed by atoms with E-state index < -0.39 is 10.7 Å². The summed E-state index contributed by atoms with van der Waals surface area (Å²) in [5, 5.41) is 24.3. The Morgan fingerprint density at radius 1 is 1.10 bits per heavy atom. The van der Waals surface area contributed by atoms with Crippen LogP contribution < -0.4 is 5.32 Å². The van der Waals surface area contributed by atoms with Crippen molar-refractivity contribution in [3.8, 4) is 5.75 Å². The fourth-order valence-corrected chi connectivity index (χ4v) is 2.85. The van der Waals surface area contributed by atoms with Crippen molar-refractivity contribution < 1.29 is 14.8 Å². The molecule has 0 aliphatic rings. The Kier molecular flexibility index (Phi) is 5.99. The largest absolute Gasteiger partial charge is 0.502 e. The van der Waals surface area contributed by atoms with Crippen LogP contribution in [0.4, 0.5) is 17.1 Å². The van der Waals surface area contributed by atoms with Crippen molar-refractivity contribution >= 4 is 29.2 Å². The van der Waals surface area contributed by atoms with Crippen LogP contribution in [0.5, 0.6) is 5.75 Å². The first-order valence-corrected chi connectivity index (χ1v) is 8.88. The number of hydrogen-bond acceptors (Lipinski definition) is 5. The van der Waals surface area contributed by atoms with E-state index in [1.165, 1.54) is 19.2 Å². The van der Waals surface area contributed by atoms with E-state index in [4.69, 9.17) is 0 Å². The Labute approximate surface area is 167 Å². The molecule has 0 atom stereocenters. The normalized spacial score (nSPS) is 10.8. The van der Waals surface area contributed by atoms with Crippen LogP contribution in [0.3, 0.4) is 0 Å². The first kappa shape index (κ1) is 19.8. The minimum Gasteiger partial charge on any atom is -0.502 e. The van der Waals surface area contributed by atoms with Crippen molar-refractivity contribution in [1.82, 2.24) is 0 Å². The van der Waals surface area contributed by atoms with Crippen LogP contribution in [0.15, 0.2) is 71.7 Å². The fourth-order valence-electron chi connectivity index (χ4n) is 2.85. The van der Waals surface area contributed by atoms with E-state index in [1.54, 1.807) is 30.3 Å². The zero-order valence-corrected chi connectivity index (χ0v) is 15.7. The van der Waals surface area contributed by atoms with Gasteiger partial charge in [-0.05, 0) is 47.9 Å². The summed E-state index contributed by atoms with van der Waals surface area (Å²) in [5.74, 6) is -0.598. The standard InChI is InChI=1S/C22H19N3O4/c1-15(26)24-20-9-7-19(8-10-20)23-14-18-12-17(11-16-5-3-2-4-6-16)13-21(22(18)27)25(28)29/h2-10,12-14,27H,11H2,1H3,(H,24,26). The van der Waals surface area contributed by atoms with Gasteiger partial charge in [0, 0.05) is 30.5 Å². The Morgan fingerprint density at radius 2 is 1.79 bits per heavy atom. The molecular weight excluding hydrogens is 370 g/mol. The van der Waals surface area contributed by atoms with E-state index in [-0.39, 0.29) is 17.2 Å². The lowest BCUT2D eigenvalue weighted by Crippen LogP contribution is -2.04. The Balaban J connectivity index is 1.89. The molecule has 0 saturated carbocycles. The molecule has 1 amide bonds. The molecule has 0 aromatic heterocycles. The van der Waals surface area contributed by atoms with E-state index in [0.717, 1.165) is 5.56 Å². The summed E-state index contributed by atoms with van der Waals surface area (Å²) < 4.78 is 0. The third kappa shape index (κ3) is 5.26. The highest BCUT2D eigenvalue weighted by atomic mass is 16.6. The summed E-state index contributed by atoms with van der Waals surface area (Å²) in [4.78, 5) is 26.1. The first-order chi connectivity index (χ1) is 13.9. The van der Waals surface area contributed by atoms with Crippen molar-refractivity contribution in [2.24, 2.45) is 4.99 Å². The van der Waals surface area contributed by atoms with Crippen molar-refractivity contribution in [3.05, 3.63) is 93.5 Å². The minimum absolute atomic E-state index is 0.172. The fraction of sp³-hybridized carbons (Fsp3) is 0.0909. The monoisotopic (exact) mass is 389 g/mol. The molecule has 0 spiro atoms. The third-order valence-corrected chi connectivity index (χ3v) is 4.17. The van der Waals surface area contributed by atoms with Gasteiger partial charge in [0.2, 0.25) is 11.7 Å². The lowest BCUT2D eigenvalue weighted by atomic mass is 10.0. The molecule has 0 radical (unpaired) electrons. The van der Waals surface area contributed by atoms with Gasteiger partial charge in [-0.3, -0.25) is 19.9 Å². The molecule has 146 valence electrons. The van der Waals surface area contributed by atoms with E-state index in [1.807, 2.05) is 30.3 Å². The number of anilines is 1. The van der Waals surface area contributed by atoms with Crippen LogP contribution >= 0.6 is 0 Å². The van der Waals surface area contributed by atoms with Crippen molar-refractivity contribution in [3.63, 3.8) is 0 Å². The van der Waals surface area contributed by atoms with Gasteiger partial charge in [-0.25, -0.2) is 0 Å². The number of carbonyl (C=O) groups excluding carboxylic acids is 1. The van der Waals surface area contributed by atoms with Gasteiger partial charge in [0.25, 0.3) is 0 Å². The number of nitro benzene ring substituents is 1. The number of hydrogen-bond donors (Lipinski definition) is 2. The van der Waals surface area contributed by atoms with Gasteiger partial charge in [0.15, 0.2) is 0 Å². The summed E-state index contributed by atoms with van der Waals surface area (Å²) in [6.07, 6.45) is 1.89. The van der Waals surface area contributed by atoms with Crippen molar-refractivity contribution in [2.75, 3.05) is 5.32 Å². The molecule has 0 heterocycles. The number of nitrogens with zero attached hydrogens (tertiary/aromatic N) is 2. The maximum Gasteiger partial charge on any atom is 0.311 e. The zero-order valence-electron chi connectivity index (χ0n) is 15.7. The molecule has 3 rings (SSSR count). The average molecular weight is 389 g/mol. The molecule has 29 heavy (non-hydrogen) atoms. The summed E-state index contributed by atoms with van der Waals surface area (Å²) >= 11 is 0. The van der Waals surface area contributed by atoms with Crippen molar-refractivity contribution in [1.29, 1.82) is 0 Å². The second-order valence-corrected chi connectivity index (χ2v) is 6.46. The first-order valence-electron chi connectivity index (χ1n) is 8.88. The molecule has 0 fully saturated rings. The quantitative estimate of drug-likeness (QED) is 0.365. The van der Waals surface area contributed by atoms with E-state index in [9.17, 15) is 20.0 Å². The SMILES string of the molecule is CC(=O)Nc1ccc(N=Cc2cc(Cc3ccccc3)cc([N+](=O)[O-])c2O)cc1. The molecule has 0 saturated heterocycles. The van der Waals surface area contributed by atoms with Crippen molar-refractivity contribution in [2.45, 2.75) is 13.3 Å². The third-order valence-electron chi connectivity index (χ3n) is 4.17. The van der Waals surface area contributed by atoms with Crippen LogP contribution in [-0.2, 0) is 11.2 Å². The Morgan fingerprint density at radius 3 is 2.41 bits per heavy atom. The molecule has 3 aromatic carbocycles. The highest BCUT2D eigenvalue weighted by Gasteiger charge is 2.18. The summed E-state index contributed by atoms with van der Waals surface area (Å²) in [6.45, 7) is 1.42. The van der Waals surface area contributed by atoms with E-state index in [0.29, 0.717) is 23.4 Å². The molecule has 3 aromatic rings. The van der Waals surface area contributed by atoms with Gasteiger partial charge >= 0.3 is 5.69 Å². The summed E-state index contributed by atoms with van der Waals surface area (Å²) in [6, 6.07) is 19.4. The van der Waals surface area contributed by atoms with Gasteiger partial charge in [-0.1, -0.05) is 30.3 Å². The average Bonchev–Trinajstić information content (AvgIpc) is 2.69. The molecule has 7 nitrogen and oxygen atoms in total. The number of aliphatic imine (C=N–C) groups is 1. The number of aromatic hydroxyl groups is 1. The lowest BCUT2D eigenvalue weighted by Gasteiger charge is -2.07. The van der Waals surface area contributed by atoms with E-state index in [2.05, 4.69) is 10.3 Å². The van der Waals surface area contributed by atoms with Crippen LogP contribution in [0.2, 0.25) is 0 Å². The molecule has 0 aliphatic carbocycles. The predicted molar refractivity (Wildman–Crippen MR) is 112 cm³/mol. The van der Waals surface area contributed by atoms with Gasteiger partial charge in [-0.2, -0.15) is 0 Å². The molecule has 7 heteroatoms. The number of phenolic OH excluding ortho intramolecular Hbond substituents is 1. The maximum atomic E-state index is 11.3. The second-order valence-electron chi connectivity index (χ2n) is 6.46. The van der Waals surface area contributed by atoms with Gasteiger partial charge < -0.3 is 10.4 Å². The summed E-state index contributed by atoms with van der Waals surface area (Å²) in [7, 11) is 0. The molecule has 2 N–H and O–H groups in total. The van der Waals surface area contributed by atoms with Crippen LogP contribution in [0.1, 0.15) is 23.6 Å². The smallest absolute Gasteiger partial charge is 0.311 e. The molecular formula is C22H19N3O4. The molecule has 0 bridgehead atoms. The number of amides is 1. The van der Waals surface area contributed by atoms with Crippen LogP contribution in [0.25, 0.3) is 0 Å². The van der Waals surface area contributed by atoms with E-state index >= 15 is 0 Å². The Hall–Kier alpha value is -4.00. The molecule has 0 aliphatic heterocycles. The highest BCUT2D eigenvalue weighted by Crippen LogP contribution is 2.31. The Bertz CT molecular complexity index is 1060. The number of rotatable bonds is 6. The highest BCUT2D eigenvalue weighted by molar-refractivity contribution is 5.89. The van der Waals surface area contributed by atoms with Crippen LogP contribution in [0, 0.1) is 10.1 Å². The summed E-state index contributed by atoms with van der Waals surface area (Å²) in [5.41, 5.74) is 2.82. The number of nitrogens with one attached hydrogen (secondary N) is 1. The lowest BCUT2D eigenvalue weighted by molar-refractivity contribution is -0.385. The number of phenols is 1. The maximum absolute atomic E-state index is 11.3. The number of benzene rings is 3. The molecule has 0 unspecified atom stereocenters. The second kappa shape index (κ2) is 8.79. The van der Waals surface area contributed by atoms with Crippen LogP contribution in [-0.4, -0.2) is 22.2 Å². The predicted octanol–water partition coefficient (Wildman–Crippen LogP) is 4.60. The van der Waals surface area contributed by atoms with Gasteiger partial charge in [0.05, 0.1) is 10.6 Å². The van der Waals surface area contributed by atoms with Gasteiger partial charge in [-0.15, -0.1) is 0 Å². The minimum atomic E-state index is -0.608.